The molecule has 0 atom stereocenters. The molecule has 0 spiro atoms. The molecule has 0 saturated heterocycles. The summed E-state index contributed by atoms with van der Waals surface area (Å²) in [5, 5.41) is 5.59. The van der Waals surface area contributed by atoms with Gasteiger partial charge in [0.15, 0.2) is 0 Å². The fourth-order valence-corrected chi connectivity index (χ4v) is 2.82. The van der Waals surface area contributed by atoms with Gasteiger partial charge in [0.2, 0.25) is 0 Å². The van der Waals surface area contributed by atoms with Crippen LogP contribution in [0.2, 0.25) is 0 Å². The van der Waals surface area contributed by atoms with E-state index in [1.807, 2.05) is 49.8 Å². The number of benzene rings is 1. The summed E-state index contributed by atoms with van der Waals surface area (Å²) in [4.78, 5) is 16.2. The number of hydrogen-bond donors (Lipinski definition) is 0. The maximum atomic E-state index is 12.2. The second-order valence-corrected chi connectivity index (χ2v) is 5.85. The second-order valence-electron chi connectivity index (χ2n) is 5.05. The molecule has 108 valence electrons. The van der Waals surface area contributed by atoms with Gasteiger partial charge in [0.1, 0.15) is 0 Å². The summed E-state index contributed by atoms with van der Waals surface area (Å²) in [6, 6.07) is 8.00. The fourth-order valence-electron chi connectivity index (χ4n) is 2.52. The van der Waals surface area contributed by atoms with E-state index in [4.69, 9.17) is 0 Å². The molecule has 0 radical (unpaired) electrons. The highest BCUT2D eigenvalue weighted by molar-refractivity contribution is 9.10. The van der Waals surface area contributed by atoms with E-state index < -0.39 is 0 Å². The molecule has 0 aliphatic heterocycles. The van der Waals surface area contributed by atoms with Gasteiger partial charge in [-0.25, -0.2) is 4.79 Å². The van der Waals surface area contributed by atoms with Crippen LogP contribution >= 0.6 is 15.9 Å². The summed E-state index contributed by atoms with van der Waals surface area (Å²) in [6.07, 6.45) is 0. The number of para-hydroxylation sites is 1. The monoisotopic (exact) mass is 346 g/mol. The highest BCUT2D eigenvalue weighted by atomic mass is 79.9. The highest BCUT2D eigenvalue weighted by Crippen LogP contribution is 2.21. The van der Waals surface area contributed by atoms with Crippen molar-refractivity contribution in [2.24, 2.45) is 7.05 Å². The van der Waals surface area contributed by atoms with Crippen molar-refractivity contribution < 1.29 is 0 Å². The van der Waals surface area contributed by atoms with Crippen molar-refractivity contribution >= 4 is 26.8 Å². The Bertz CT molecular complexity index is 895. The minimum atomic E-state index is -0.247. The Labute approximate surface area is 130 Å². The molecule has 2 heterocycles. The number of fused-ring (bicyclic) bond motifs is 1. The van der Waals surface area contributed by atoms with Crippen molar-refractivity contribution in [3.63, 3.8) is 0 Å². The SMILES string of the molecule is Cc1nc(=O)n(Cc2nn(C)c3ccccc23)c(C)c1Br. The van der Waals surface area contributed by atoms with Gasteiger partial charge in [-0.05, 0) is 35.8 Å². The minimum Gasteiger partial charge on any atom is -0.289 e. The number of aromatic nitrogens is 4. The number of rotatable bonds is 2. The standard InChI is InChI=1S/C15H15BrN4O/c1-9-14(16)10(2)20(15(21)17-9)8-12-11-6-4-5-7-13(11)19(3)18-12/h4-7H,8H2,1-3H3. The van der Waals surface area contributed by atoms with Crippen LogP contribution in [0.15, 0.2) is 33.5 Å². The first-order chi connectivity index (χ1) is 9.99. The Hall–Kier alpha value is -1.95. The Morgan fingerprint density at radius 2 is 1.95 bits per heavy atom. The smallest absolute Gasteiger partial charge is 0.289 e. The van der Waals surface area contributed by atoms with Gasteiger partial charge in [0.25, 0.3) is 0 Å². The zero-order valence-corrected chi connectivity index (χ0v) is 13.7. The van der Waals surface area contributed by atoms with Crippen LogP contribution in [0.25, 0.3) is 10.9 Å². The number of aryl methyl sites for hydroxylation is 2. The molecular formula is C15H15BrN4O. The van der Waals surface area contributed by atoms with Gasteiger partial charge >= 0.3 is 5.69 Å². The average molecular weight is 347 g/mol. The van der Waals surface area contributed by atoms with Crippen molar-refractivity contribution in [1.82, 2.24) is 19.3 Å². The summed E-state index contributed by atoms with van der Waals surface area (Å²) in [5.41, 5.74) is 3.25. The third-order valence-corrected chi connectivity index (χ3v) is 4.82. The lowest BCUT2D eigenvalue weighted by Crippen LogP contribution is -2.27. The molecule has 6 heteroatoms. The molecule has 0 unspecified atom stereocenters. The second kappa shape index (κ2) is 5.11. The largest absolute Gasteiger partial charge is 0.348 e. The summed E-state index contributed by atoms with van der Waals surface area (Å²) in [7, 11) is 1.91. The molecule has 0 aliphatic carbocycles. The van der Waals surface area contributed by atoms with E-state index in [0.717, 1.165) is 26.8 Å². The molecule has 3 aromatic rings. The van der Waals surface area contributed by atoms with Crippen LogP contribution in [0, 0.1) is 13.8 Å². The molecule has 0 aliphatic rings. The highest BCUT2D eigenvalue weighted by Gasteiger charge is 2.13. The van der Waals surface area contributed by atoms with Crippen LogP contribution in [-0.2, 0) is 13.6 Å². The molecule has 21 heavy (non-hydrogen) atoms. The molecule has 3 rings (SSSR count). The van der Waals surface area contributed by atoms with Gasteiger partial charge in [-0.2, -0.15) is 10.1 Å². The van der Waals surface area contributed by atoms with Crippen LogP contribution in [-0.4, -0.2) is 19.3 Å². The van der Waals surface area contributed by atoms with E-state index in [9.17, 15) is 4.79 Å². The molecular weight excluding hydrogens is 332 g/mol. The topological polar surface area (TPSA) is 52.7 Å². The molecule has 2 aromatic heterocycles. The lowest BCUT2D eigenvalue weighted by atomic mass is 10.2. The first kappa shape index (κ1) is 14.0. The van der Waals surface area contributed by atoms with E-state index in [0.29, 0.717) is 12.2 Å². The zero-order valence-electron chi connectivity index (χ0n) is 12.1. The van der Waals surface area contributed by atoms with Crippen LogP contribution in [0.1, 0.15) is 17.1 Å². The normalized spacial score (nSPS) is 11.2. The van der Waals surface area contributed by atoms with Gasteiger partial charge in [-0.1, -0.05) is 18.2 Å². The molecule has 0 fully saturated rings. The number of nitrogens with zero attached hydrogens (tertiary/aromatic N) is 4. The van der Waals surface area contributed by atoms with Crippen LogP contribution in [0.3, 0.4) is 0 Å². The molecule has 0 bridgehead atoms. The summed E-state index contributed by atoms with van der Waals surface area (Å²) in [5.74, 6) is 0. The molecule has 0 N–H and O–H groups in total. The average Bonchev–Trinajstić information content (AvgIpc) is 2.78. The summed E-state index contributed by atoms with van der Waals surface area (Å²) < 4.78 is 4.34. The molecule has 5 nitrogen and oxygen atoms in total. The zero-order chi connectivity index (χ0) is 15.1. The predicted octanol–water partition coefficient (Wildman–Crippen LogP) is 2.56. The van der Waals surface area contributed by atoms with Crippen molar-refractivity contribution in [3.8, 4) is 0 Å². The predicted molar refractivity (Wildman–Crippen MR) is 85.5 cm³/mol. The molecule has 0 amide bonds. The van der Waals surface area contributed by atoms with Crippen molar-refractivity contribution in [1.29, 1.82) is 0 Å². The molecule has 1 aromatic carbocycles. The van der Waals surface area contributed by atoms with Crippen molar-refractivity contribution in [2.45, 2.75) is 20.4 Å². The van der Waals surface area contributed by atoms with Gasteiger partial charge in [-0.3, -0.25) is 9.25 Å². The number of halogens is 1. The van der Waals surface area contributed by atoms with E-state index in [-0.39, 0.29) is 5.69 Å². The first-order valence-electron chi connectivity index (χ1n) is 6.63. The Kier molecular flexibility index (Phi) is 3.41. The maximum absolute atomic E-state index is 12.2. The van der Waals surface area contributed by atoms with E-state index in [1.54, 1.807) is 4.57 Å². The quantitative estimate of drug-likeness (QED) is 0.716. The molecule has 0 saturated carbocycles. The van der Waals surface area contributed by atoms with Gasteiger partial charge in [-0.15, -0.1) is 0 Å². The van der Waals surface area contributed by atoms with E-state index in [2.05, 4.69) is 26.0 Å². The van der Waals surface area contributed by atoms with Gasteiger partial charge in [0.05, 0.1) is 27.9 Å². The Morgan fingerprint density at radius 3 is 2.71 bits per heavy atom. The van der Waals surface area contributed by atoms with Crippen molar-refractivity contribution in [2.75, 3.05) is 0 Å². The fraction of sp³-hybridized carbons (Fsp3) is 0.267. The van der Waals surface area contributed by atoms with E-state index in [1.165, 1.54) is 0 Å². The Morgan fingerprint density at radius 1 is 1.24 bits per heavy atom. The van der Waals surface area contributed by atoms with Gasteiger partial charge in [0, 0.05) is 18.1 Å². The maximum Gasteiger partial charge on any atom is 0.348 e. The van der Waals surface area contributed by atoms with Gasteiger partial charge < -0.3 is 0 Å². The summed E-state index contributed by atoms with van der Waals surface area (Å²) >= 11 is 3.48. The third kappa shape index (κ3) is 2.29. The Balaban J connectivity index is 2.16. The van der Waals surface area contributed by atoms with Crippen molar-refractivity contribution in [3.05, 3.63) is 56.3 Å². The minimum absolute atomic E-state index is 0.247. The summed E-state index contributed by atoms with van der Waals surface area (Å²) in [6.45, 7) is 4.14. The lowest BCUT2D eigenvalue weighted by Gasteiger charge is -2.11. The first-order valence-corrected chi connectivity index (χ1v) is 7.42. The lowest BCUT2D eigenvalue weighted by molar-refractivity contribution is 0.659. The third-order valence-electron chi connectivity index (χ3n) is 3.68. The van der Waals surface area contributed by atoms with Crippen LogP contribution in [0.5, 0.6) is 0 Å². The van der Waals surface area contributed by atoms with E-state index >= 15 is 0 Å². The van der Waals surface area contributed by atoms with Crippen LogP contribution in [0.4, 0.5) is 0 Å². The number of hydrogen-bond acceptors (Lipinski definition) is 3. The van der Waals surface area contributed by atoms with Crippen LogP contribution < -0.4 is 5.69 Å².